The van der Waals surface area contributed by atoms with E-state index in [0.717, 1.165) is 28.7 Å². The predicted molar refractivity (Wildman–Crippen MR) is 74.5 cm³/mol. The summed E-state index contributed by atoms with van der Waals surface area (Å²) in [5.41, 5.74) is 1.56. The molecule has 0 unspecified atom stereocenters. The molecule has 0 aliphatic rings. The number of hydrogen-bond acceptors (Lipinski definition) is 5. The van der Waals surface area contributed by atoms with Crippen molar-refractivity contribution in [2.24, 2.45) is 0 Å². The minimum absolute atomic E-state index is 0.102. The number of aromatic nitrogens is 4. The first kappa shape index (κ1) is 13.5. The Kier molecular flexibility index (Phi) is 4.51. The summed E-state index contributed by atoms with van der Waals surface area (Å²) in [4.78, 5) is 11.1. The Hall–Kier alpha value is -1.89. The number of thioether (sulfide) groups is 1. The lowest BCUT2D eigenvalue weighted by Crippen LogP contribution is -2.07. The van der Waals surface area contributed by atoms with Crippen LogP contribution in [-0.4, -0.2) is 31.9 Å². The van der Waals surface area contributed by atoms with Gasteiger partial charge < -0.3 is 5.32 Å². The van der Waals surface area contributed by atoms with E-state index in [-0.39, 0.29) is 5.91 Å². The summed E-state index contributed by atoms with van der Waals surface area (Å²) in [6, 6.07) is 7.43. The number of hydrogen-bond donors (Lipinski definition) is 1. The Morgan fingerprint density at radius 1 is 1.47 bits per heavy atom. The van der Waals surface area contributed by atoms with Gasteiger partial charge in [-0.15, -0.1) is 5.10 Å². The van der Waals surface area contributed by atoms with E-state index in [2.05, 4.69) is 27.8 Å². The fourth-order valence-corrected chi connectivity index (χ4v) is 2.29. The van der Waals surface area contributed by atoms with Crippen molar-refractivity contribution in [1.29, 1.82) is 0 Å². The molecule has 0 aliphatic heterocycles. The molecule has 19 heavy (non-hydrogen) atoms. The average molecular weight is 277 g/mol. The lowest BCUT2D eigenvalue weighted by Gasteiger charge is -2.06. The maximum absolute atomic E-state index is 11.1. The van der Waals surface area contributed by atoms with E-state index in [0.29, 0.717) is 0 Å². The van der Waals surface area contributed by atoms with E-state index in [1.54, 1.807) is 16.4 Å². The fourth-order valence-electron chi connectivity index (χ4n) is 1.54. The quantitative estimate of drug-likeness (QED) is 0.847. The number of nitrogens with one attached hydrogen (secondary N) is 1. The monoisotopic (exact) mass is 277 g/mol. The van der Waals surface area contributed by atoms with Gasteiger partial charge in [0.25, 0.3) is 0 Å². The molecule has 0 aliphatic carbocycles. The van der Waals surface area contributed by atoms with E-state index in [9.17, 15) is 4.79 Å². The Morgan fingerprint density at radius 2 is 2.32 bits per heavy atom. The summed E-state index contributed by atoms with van der Waals surface area (Å²) in [6.07, 6.45) is 1.06. The molecule has 1 aromatic heterocycles. The third-order valence-corrected chi connectivity index (χ3v) is 3.41. The van der Waals surface area contributed by atoms with Gasteiger partial charge >= 0.3 is 0 Å². The molecule has 0 fully saturated rings. The maximum Gasteiger partial charge on any atom is 0.221 e. The Morgan fingerprint density at radius 3 is 3.05 bits per heavy atom. The first-order valence-electron chi connectivity index (χ1n) is 6.00. The van der Waals surface area contributed by atoms with Gasteiger partial charge in [0.1, 0.15) is 0 Å². The number of amides is 1. The molecular weight excluding hydrogens is 262 g/mol. The van der Waals surface area contributed by atoms with Crippen LogP contribution in [0.2, 0.25) is 0 Å². The van der Waals surface area contributed by atoms with Crippen molar-refractivity contribution in [3.63, 3.8) is 0 Å². The zero-order chi connectivity index (χ0) is 13.7. The van der Waals surface area contributed by atoms with Crippen LogP contribution >= 0.6 is 11.8 Å². The van der Waals surface area contributed by atoms with Crippen LogP contribution in [-0.2, 0) is 4.79 Å². The molecule has 7 heteroatoms. The van der Waals surface area contributed by atoms with E-state index in [1.807, 2.05) is 24.3 Å². The summed E-state index contributed by atoms with van der Waals surface area (Å²) in [5, 5.41) is 15.2. The summed E-state index contributed by atoms with van der Waals surface area (Å²) >= 11 is 1.61. The maximum atomic E-state index is 11.1. The van der Waals surface area contributed by atoms with Crippen molar-refractivity contribution in [3.8, 4) is 5.69 Å². The van der Waals surface area contributed by atoms with Crippen LogP contribution in [0, 0.1) is 0 Å². The van der Waals surface area contributed by atoms with E-state index in [1.165, 1.54) is 6.92 Å². The average Bonchev–Trinajstić information content (AvgIpc) is 2.84. The van der Waals surface area contributed by atoms with Crippen molar-refractivity contribution in [1.82, 2.24) is 20.2 Å². The van der Waals surface area contributed by atoms with Crippen LogP contribution in [0.4, 0.5) is 5.69 Å². The van der Waals surface area contributed by atoms with Gasteiger partial charge in [-0.05, 0) is 35.0 Å². The molecule has 6 nitrogen and oxygen atoms in total. The minimum Gasteiger partial charge on any atom is -0.326 e. The summed E-state index contributed by atoms with van der Waals surface area (Å²) < 4.78 is 1.67. The molecular formula is C12H15N5OS. The fraction of sp³-hybridized carbons (Fsp3) is 0.333. The van der Waals surface area contributed by atoms with E-state index >= 15 is 0 Å². The standard InChI is InChI=1S/C12H15N5OS/c1-3-7-19-12-14-15-16-17(12)11-6-4-5-10(8-11)13-9(2)18/h4-6,8H,3,7H2,1-2H3,(H,13,18). The summed E-state index contributed by atoms with van der Waals surface area (Å²) in [7, 11) is 0. The number of nitrogens with zero attached hydrogens (tertiary/aromatic N) is 4. The van der Waals surface area contributed by atoms with Crippen molar-refractivity contribution in [2.75, 3.05) is 11.1 Å². The predicted octanol–water partition coefficient (Wildman–Crippen LogP) is 2.12. The Bertz CT molecular complexity index is 569. The third kappa shape index (κ3) is 3.54. The van der Waals surface area contributed by atoms with Gasteiger partial charge in [-0.2, -0.15) is 4.68 Å². The zero-order valence-corrected chi connectivity index (χ0v) is 11.6. The van der Waals surface area contributed by atoms with Crippen LogP contribution < -0.4 is 5.32 Å². The number of benzene rings is 1. The second kappa shape index (κ2) is 6.33. The number of carbonyl (C=O) groups excluding carboxylic acids is 1. The van der Waals surface area contributed by atoms with Gasteiger partial charge in [0.2, 0.25) is 11.1 Å². The number of carbonyl (C=O) groups is 1. The largest absolute Gasteiger partial charge is 0.326 e. The van der Waals surface area contributed by atoms with Crippen LogP contribution in [0.1, 0.15) is 20.3 Å². The smallest absolute Gasteiger partial charge is 0.221 e. The highest BCUT2D eigenvalue weighted by Gasteiger charge is 2.09. The van der Waals surface area contributed by atoms with Gasteiger partial charge in [0, 0.05) is 18.4 Å². The summed E-state index contributed by atoms with van der Waals surface area (Å²) in [6.45, 7) is 3.59. The lowest BCUT2D eigenvalue weighted by atomic mass is 10.3. The molecule has 2 rings (SSSR count). The second-order valence-corrected chi connectivity index (χ2v) is 5.02. The topological polar surface area (TPSA) is 72.7 Å². The second-order valence-electron chi connectivity index (χ2n) is 3.95. The highest BCUT2D eigenvalue weighted by atomic mass is 32.2. The van der Waals surface area contributed by atoms with E-state index < -0.39 is 0 Å². The zero-order valence-electron chi connectivity index (χ0n) is 10.8. The molecule has 2 aromatic rings. The molecule has 0 saturated heterocycles. The first-order chi connectivity index (χ1) is 9.20. The molecule has 0 atom stereocenters. The molecule has 0 spiro atoms. The van der Waals surface area contributed by atoms with Crippen molar-refractivity contribution in [3.05, 3.63) is 24.3 Å². The van der Waals surface area contributed by atoms with Crippen molar-refractivity contribution < 1.29 is 4.79 Å². The van der Waals surface area contributed by atoms with Crippen LogP contribution in [0.3, 0.4) is 0 Å². The molecule has 1 heterocycles. The Labute approximate surface area is 115 Å². The highest BCUT2D eigenvalue weighted by Crippen LogP contribution is 2.20. The Balaban J connectivity index is 2.26. The van der Waals surface area contributed by atoms with Gasteiger partial charge in [0.15, 0.2) is 0 Å². The van der Waals surface area contributed by atoms with Gasteiger partial charge in [0.05, 0.1) is 5.69 Å². The van der Waals surface area contributed by atoms with Gasteiger partial charge in [-0.3, -0.25) is 4.79 Å². The molecule has 0 radical (unpaired) electrons. The van der Waals surface area contributed by atoms with Crippen molar-refractivity contribution in [2.45, 2.75) is 25.4 Å². The number of tetrazole rings is 1. The van der Waals surface area contributed by atoms with Gasteiger partial charge in [-0.1, -0.05) is 24.8 Å². The minimum atomic E-state index is -0.102. The molecule has 0 saturated carbocycles. The molecule has 1 N–H and O–H groups in total. The normalized spacial score (nSPS) is 10.4. The van der Waals surface area contributed by atoms with Crippen LogP contribution in [0.5, 0.6) is 0 Å². The van der Waals surface area contributed by atoms with Crippen LogP contribution in [0.25, 0.3) is 5.69 Å². The first-order valence-corrected chi connectivity index (χ1v) is 6.98. The molecule has 0 bridgehead atoms. The summed E-state index contributed by atoms with van der Waals surface area (Å²) in [5.74, 6) is 0.862. The number of rotatable bonds is 5. The molecule has 1 aromatic carbocycles. The third-order valence-electron chi connectivity index (χ3n) is 2.29. The highest BCUT2D eigenvalue weighted by molar-refractivity contribution is 7.99. The van der Waals surface area contributed by atoms with Gasteiger partial charge in [-0.25, -0.2) is 0 Å². The number of anilines is 1. The SMILES string of the molecule is CCCSc1nnnn1-c1cccc(NC(C)=O)c1. The van der Waals surface area contributed by atoms with Crippen LogP contribution in [0.15, 0.2) is 29.4 Å². The van der Waals surface area contributed by atoms with E-state index in [4.69, 9.17) is 0 Å². The molecule has 100 valence electrons. The molecule has 1 amide bonds. The van der Waals surface area contributed by atoms with Crippen molar-refractivity contribution >= 4 is 23.4 Å². The lowest BCUT2D eigenvalue weighted by molar-refractivity contribution is -0.114.